The highest BCUT2D eigenvalue weighted by atomic mass is 32.2. The third-order valence-electron chi connectivity index (χ3n) is 3.12. The smallest absolute Gasteiger partial charge is 0.271 e. The summed E-state index contributed by atoms with van der Waals surface area (Å²) in [4.78, 5) is 19.9. The zero-order valence-corrected chi connectivity index (χ0v) is 12.1. The molecule has 1 unspecified atom stereocenters. The minimum absolute atomic E-state index is 0.00191. The number of carbonyl (C=O) groups excluding carboxylic acids is 1. The van der Waals surface area contributed by atoms with Crippen LogP contribution in [0, 0.1) is 5.92 Å². The lowest BCUT2D eigenvalue weighted by atomic mass is 10.1. The fourth-order valence-corrected chi connectivity index (χ4v) is 3.94. The van der Waals surface area contributed by atoms with Crippen molar-refractivity contribution in [3.8, 4) is 0 Å². The molecule has 0 bridgehead atoms. The number of aromatic nitrogens is 2. The summed E-state index contributed by atoms with van der Waals surface area (Å²) in [5.41, 5.74) is 0.229. The van der Waals surface area contributed by atoms with Crippen molar-refractivity contribution in [3.05, 3.63) is 18.1 Å². The first-order valence-corrected chi connectivity index (χ1v) is 8.37. The summed E-state index contributed by atoms with van der Waals surface area (Å²) in [5, 5.41) is 5.69. The van der Waals surface area contributed by atoms with Gasteiger partial charge in [0, 0.05) is 13.1 Å². The molecule has 110 valence electrons. The van der Waals surface area contributed by atoms with Crippen LogP contribution in [0.4, 0.5) is 5.82 Å². The first-order valence-electron chi connectivity index (χ1n) is 6.54. The molecule has 0 aromatic carbocycles. The molecule has 0 radical (unpaired) electrons. The van der Waals surface area contributed by atoms with E-state index >= 15 is 0 Å². The lowest BCUT2D eigenvalue weighted by Gasteiger charge is -2.09. The molecule has 1 aromatic heterocycles. The van der Waals surface area contributed by atoms with Crippen molar-refractivity contribution < 1.29 is 13.2 Å². The number of anilines is 1. The van der Waals surface area contributed by atoms with Crippen LogP contribution in [0.15, 0.2) is 12.4 Å². The van der Waals surface area contributed by atoms with E-state index in [-0.39, 0.29) is 29.0 Å². The number of nitrogens with zero attached hydrogens (tertiary/aromatic N) is 2. The summed E-state index contributed by atoms with van der Waals surface area (Å²) in [6.45, 7) is 3.03. The van der Waals surface area contributed by atoms with Crippen molar-refractivity contribution >= 4 is 21.6 Å². The minimum atomic E-state index is -2.91. The Morgan fingerprint density at radius 2 is 2.20 bits per heavy atom. The summed E-state index contributed by atoms with van der Waals surface area (Å²) < 4.78 is 22.6. The quantitative estimate of drug-likeness (QED) is 0.798. The van der Waals surface area contributed by atoms with Gasteiger partial charge in [0.25, 0.3) is 5.91 Å². The van der Waals surface area contributed by atoms with Crippen LogP contribution in [0.5, 0.6) is 0 Å². The molecule has 2 N–H and O–H groups in total. The number of carbonyl (C=O) groups is 1. The molecule has 1 saturated heterocycles. The van der Waals surface area contributed by atoms with Gasteiger partial charge in [-0.1, -0.05) is 0 Å². The number of nitrogens with one attached hydrogen (secondary N) is 2. The Labute approximate surface area is 118 Å². The molecule has 20 heavy (non-hydrogen) atoms. The Balaban J connectivity index is 1.86. The number of amides is 1. The lowest BCUT2D eigenvalue weighted by Crippen LogP contribution is -2.30. The SMILES string of the molecule is CCNc1cnc(C(=O)NCC2CCS(=O)(=O)C2)cn1. The molecule has 1 aliphatic heterocycles. The van der Waals surface area contributed by atoms with Gasteiger partial charge in [-0.2, -0.15) is 0 Å². The summed E-state index contributed by atoms with van der Waals surface area (Å²) >= 11 is 0. The Morgan fingerprint density at radius 3 is 2.75 bits per heavy atom. The molecular weight excluding hydrogens is 280 g/mol. The molecule has 8 heteroatoms. The van der Waals surface area contributed by atoms with Crippen LogP contribution in [0.1, 0.15) is 23.8 Å². The Kier molecular flexibility index (Phi) is 4.53. The van der Waals surface area contributed by atoms with Gasteiger partial charge in [-0.3, -0.25) is 4.79 Å². The highest BCUT2D eigenvalue weighted by Gasteiger charge is 2.28. The maximum atomic E-state index is 11.8. The van der Waals surface area contributed by atoms with Crippen molar-refractivity contribution in [2.45, 2.75) is 13.3 Å². The second-order valence-electron chi connectivity index (χ2n) is 4.80. The van der Waals surface area contributed by atoms with Crippen LogP contribution in [0.2, 0.25) is 0 Å². The van der Waals surface area contributed by atoms with Gasteiger partial charge in [0.1, 0.15) is 11.5 Å². The van der Waals surface area contributed by atoms with Gasteiger partial charge in [0.15, 0.2) is 9.84 Å². The van der Waals surface area contributed by atoms with E-state index in [1.54, 1.807) is 0 Å². The lowest BCUT2D eigenvalue weighted by molar-refractivity contribution is 0.0943. The molecule has 1 aliphatic rings. The van der Waals surface area contributed by atoms with E-state index in [1.807, 2.05) is 6.92 Å². The summed E-state index contributed by atoms with van der Waals surface area (Å²) in [6, 6.07) is 0. The van der Waals surface area contributed by atoms with Gasteiger partial charge in [0.2, 0.25) is 0 Å². The standard InChI is InChI=1S/C12H18N4O3S/c1-2-13-11-7-14-10(6-15-11)12(17)16-5-9-3-4-20(18,19)8-9/h6-7,9H,2-5,8H2,1H3,(H,13,15)(H,16,17). The number of sulfone groups is 1. The minimum Gasteiger partial charge on any atom is -0.369 e. The Morgan fingerprint density at radius 1 is 1.40 bits per heavy atom. The third-order valence-corrected chi connectivity index (χ3v) is 4.96. The normalized spacial score (nSPS) is 20.6. The molecule has 2 rings (SSSR count). The second-order valence-corrected chi connectivity index (χ2v) is 7.03. The predicted molar refractivity (Wildman–Crippen MR) is 75.3 cm³/mol. The number of hydrogen-bond acceptors (Lipinski definition) is 6. The van der Waals surface area contributed by atoms with E-state index in [9.17, 15) is 13.2 Å². The molecule has 1 amide bonds. The van der Waals surface area contributed by atoms with Crippen LogP contribution in [0.25, 0.3) is 0 Å². The van der Waals surface area contributed by atoms with Gasteiger partial charge < -0.3 is 10.6 Å². The largest absolute Gasteiger partial charge is 0.369 e. The van der Waals surface area contributed by atoms with Crippen molar-refractivity contribution in [1.29, 1.82) is 0 Å². The van der Waals surface area contributed by atoms with Crippen LogP contribution in [-0.2, 0) is 9.84 Å². The van der Waals surface area contributed by atoms with Crippen molar-refractivity contribution in [1.82, 2.24) is 15.3 Å². The molecular formula is C12H18N4O3S. The van der Waals surface area contributed by atoms with Crippen molar-refractivity contribution in [2.75, 3.05) is 29.9 Å². The zero-order chi connectivity index (χ0) is 14.6. The van der Waals surface area contributed by atoms with Crippen molar-refractivity contribution in [3.63, 3.8) is 0 Å². The number of hydrogen-bond donors (Lipinski definition) is 2. The van der Waals surface area contributed by atoms with E-state index in [2.05, 4.69) is 20.6 Å². The molecule has 2 heterocycles. The highest BCUT2D eigenvalue weighted by Crippen LogP contribution is 2.17. The molecule has 0 spiro atoms. The van der Waals surface area contributed by atoms with E-state index < -0.39 is 9.84 Å². The van der Waals surface area contributed by atoms with Crippen molar-refractivity contribution in [2.24, 2.45) is 5.92 Å². The Bertz CT molecular complexity index is 571. The average molecular weight is 298 g/mol. The monoisotopic (exact) mass is 298 g/mol. The molecule has 0 saturated carbocycles. The van der Waals surface area contributed by atoms with Crippen LogP contribution >= 0.6 is 0 Å². The molecule has 1 fully saturated rings. The third kappa shape index (κ3) is 3.89. The van der Waals surface area contributed by atoms with Gasteiger partial charge in [-0.25, -0.2) is 18.4 Å². The fourth-order valence-electron chi connectivity index (χ4n) is 2.08. The molecule has 7 nitrogen and oxygen atoms in total. The topological polar surface area (TPSA) is 101 Å². The van der Waals surface area contributed by atoms with Gasteiger partial charge in [0.05, 0.1) is 23.9 Å². The average Bonchev–Trinajstić information content (AvgIpc) is 2.77. The van der Waals surface area contributed by atoms with Gasteiger partial charge in [-0.05, 0) is 19.3 Å². The van der Waals surface area contributed by atoms with E-state index in [1.165, 1.54) is 12.4 Å². The second kappa shape index (κ2) is 6.17. The molecule has 1 aromatic rings. The first kappa shape index (κ1) is 14.7. The molecule has 1 atom stereocenters. The van der Waals surface area contributed by atoms with Crippen LogP contribution < -0.4 is 10.6 Å². The predicted octanol–water partition coefficient (Wildman–Crippen LogP) is 0.0729. The Hall–Kier alpha value is -1.70. The first-order chi connectivity index (χ1) is 9.50. The maximum absolute atomic E-state index is 11.8. The van der Waals surface area contributed by atoms with Crippen LogP contribution in [-0.4, -0.2) is 48.9 Å². The summed E-state index contributed by atoms with van der Waals surface area (Å²) in [6.07, 6.45) is 3.50. The fraction of sp³-hybridized carbons (Fsp3) is 0.583. The summed E-state index contributed by atoms with van der Waals surface area (Å²) in [7, 11) is -2.91. The van der Waals surface area contributed by atoms with Crippen LogP contribution in [0.3, 0.4) is 0 Å². The summed E-state index contributed by atoms with van der Waals surface area (Å²) in [5.74, 6) is 0.650. The van der Waals surface area contributed by atoms with E-state index in [0.29, 0.717) is 18.8 Å². The van der Waals surface area contributed by atoms with Gasteiger partial charge >= 0.3 is 0 Å². The van der Waals surface area contributed by atoms with E-state index in [0.717, 1.165) is 6.54 Å². The maximum Gasteiger partial charge on any atom is 0.271 e. The molecule has 0 aliphatic carbocycles. The van der Waals surface area contributed by atoms with E-state index in [4.69, 9.17) is 0 Å². The highest BCUT2D eigenvalue weighted by molar-refractivity contribution is 7.91. The number of rotatable bonds is 5. The zero-order valence-electron chi connectivity index (χ0n) is 11.3. The van der Waals surface area contributed by atoms with Gasteiger partial charge in [-0.15, -0.1) is 0 Å².